The van der Waals surface area contributed by atoms with Crippen LogP contribution in [-0.4, -0.2) is 74.4 Å². The molecule has 0 aromatic heterocycles. The first-order valence-electron chi connectivity index (χ1n) is 15.4. The van der Waals surface area contributed by atoms with Crippen LogP contribution in [-0.2, 0) is 33.6 Å². The maximum absolute atomic E-state index is 13.5. The largest absolute Gasteiger partial charge is 0.541 e. The Morgan fingerprint density at radius 3 is 1.63 bits per heavy atom. The molecule has 0 spiro atoms. The van der Waals surface area contributed by atoms with E-state index < -0.39 is 8.32 Å². The van der Waals surface area contributed by atoms with Crippen LogP contribution >= 0.6 is 0 Å². The zero-order valence-corrected chi connectivity index (χ0v) is 28.7. The molecule has 0 aliphatic carbocycles. The monoisotopic (exact) mass is 649 g/mol. The zero-order valence-electron chi connectivity index (χ0n) is 27.7. The van der Waals surface area contributed by atoms with E-state index in [1.165, 1.54) is 4.90 Å². The number of methoxy groups -OCH3 is 1. The molecule has 3 amide bonds. The lowest BCUT2D eigenvalue weighted by molar-refractivity contribution is -0.138. The first kappa shape index (κ1) is 36.0. The number of aromatic hydroxyl groups is 2. The zero-order chi connectivity index (χ0) is 33.9. The van der Waals surface area contributed by atoms with Crippen LogP contribution < -0.4 is 19.8 Å². The third-order valence-corrected chi connectivity index (χ3v) is 12.5. The molecule has 0 aliphatic rings. The van der Waals surface area contributed by atoms with Crippen LogP contribution in [0.15, 0.2) is 66.7 Å². The number of phenols is 2. The Balaban J connectivity index is 1.67. The fourth-order valence-corrected chi connectivity index (χ4v) is 5.35. The van der Waals surface area contributed by atoms with E-state index in [2.05, 4.69) is 44.5 Å². The Morgan fingerprint density at radius 1 is 0.739 bits per heavy atom. The summed E-state index contributed by atoms with van der Waals surface area (Å²) in [5.74, 6) is 0.294. The summed E-state index contributed by atoms with van der Waals surface area (Å²) in [7, 11) is -0.582. The van der Waals surface area contributed by atoms with Crippen LogP contribution in [0.3, 0.4) is 0 Å². The maximum Gasteiger partial charge on any atom is 0.250 e. The summed E-state index contributed by atoms with van der Waals surface area (Å²) in [6.45, 7) is 10.8. The van der Waals surface area contributed by atoms with E-state index in [-0.39, 0.29) is 53.8 Å². The van der Waals surface area contributed by atoms with E-state index in [4.69, 9.17) is 9.16 Å². The van der Waals surface area contributed by atoms with Crippen molar-refractivity contribution in [2.75, 3.05) is 33.3 Å². The average molecular weight is 650 g/mol. The van der Waals surface area contributed by atoms with E-state index in [0.717, 1.165) is 11.1 Å². The molecule has 3 rings (SSSR count). The molecule has 0 bridgehead atoms. The van der Waals surface area contributed by atoms with Crippen molar-refractivity contribution in [3.05, 3.63) is 83.4 Å². The first-order chi connectivity index (χ1) is 21.7. The molecule has 3 aromatic carbocycles. The smallest absolute Gasteiger partial charge is 0.250 e. The normalized spacial score (nSPS) is 11.4. The topological polar surface area (TPSA) is 137 Å². The lowest BCUT2D eigenvalue weighted by atomic mass is 10.1. The van der Waals surface area contributed by atoms with Crippen molar-refractivity contribution in [1.29, 1.82) is 0 Å². The number of rotatable bonds is 15. The van der Waals surface area contributed by atoms with E-state index >= 15 is 0 Å². The predicted octanol–water partition coefficient (Wildman–Crippen LogP) is 4.58. The van der Waals surface area contributed by atoms with Gasteiger partial charge in [-0.3, -0.25) is 14.4 Å². The highest BCUT2D eigenvalue weighted by molar-refractivity contribution is 6.74. The van der Waals surface area contributed by atoms with Gasteiger partial charge in [-0.1, -0.05) is 51.1 Å². The fraction of sp³-hybridized carbons (Fsp3) is 0.400. The molecule has 0 heterocycles. The number of hydrogen-bond donors (Lipinski definition) is 4. The second-order valence-electron chi connectivity index (χ2n) is 12.8. The molecule has 0 saturated carbocycles. The third kappa shape index (κ3) is 11.1. The summed E-state index contributed by atoms with van der Waals surface area (Å²) in [4.78, 5) is 40.6. The minimum absolute atomic E-state index is 0.0115. The van der Waals surface area contributed by atoms with Gasteiger partial charge >= 0.3 is 0 Å². The van der Waals surface area contributed by atoms with Crippen LogP contribution in [0, 0.1) is 0 Å². The molecule has 0 atom stereocenters. The molecule has 0 unspecified atom stereocenters. The number of nitrogens with one attached hydrogen (secondary N) is 2. The van der Waals surface area contributed by atoms with Crippen molar-refractivity contribution in [2.24, 2.45) is 0 Å². The summed E-state index contributed by atoms with van der Waals surface area (Å²) in [6.07, 6.45) is 1.04. The lowest BCUT2D eigenvalue weighted by Crippen LogP contribution is -2.46. The maximum atomic E-state index is 13.5. The van der Waals surface area contributed by atoms with Crippen LogP contribution in [0.25, 0.3) is 0 Å². The number of benzene rings is 3. The summed E-state index contributed by atoms with van der Waals surface area (Å²) >= 11 is 0. The van der Waals surface area contributed by atoms with Gasteiger partial charge in [0.1, 0.15) is 30.3 Å². The Hall–Kier alpha value is -4.51. The van der Waals surface area contributed by atoms with Gasteiger partial charge in [0.2, 0.25) is 17.7 Å². The molecule has 3 aromatic rings. The predicted molar refractivity (Wildman–Crippen MR) is 181 cm³/mol. The van der Waals surface area contributed by atoms with Gasteiger partial charge in [0, 0.05) is 13.1 Å². The Labute approximate surface area is 272 Å². The Morgan fingerprint density at radius 2 is 1.20 bits per heavy atom. The Bertz CT molecular complexity index is 1400. The van der Waals surface area contributed by atoms with Gasteiger partial charge < -0.3 is 34.9 Å². The number of amides is 3. The molecule has 46 heavy (non-hydrogen) atoms. The number of carbonyl (C=O) groups excluding carboxylic acids is 3. The van der Waals surface area contributed by atoms with Crippen molar-refractivity contribution >= 4 is 26.0 Å². The van der Waals surface area contributed by atoms with Crippen molar-refractivity contribution in [3.63, 3.8) is 0 Å². The van der Waals surface area contributed by atoms with E-state index in [1.807, 2.05) is 0 Å². The third-order valence-electron chi connectivity index (χ3n) is 8.12. The highest BCUT2D eigenvalue weighted by Gasteiger charge is 2.39. The van der Waals surface area contributed by atoms with Crippen LogP contribution in [0.2, 0.25) is 18.1 Å². The number of nitrogens with zero attached hydrogens (tertiary/aromatic N) is 1. The molecule has 4 N–H and O–H groups in total. The molecule has 10 nitrogen and oxygen atoms in total. The second-order valence-corrected chi connectivity index (χ2v) is 17.5. The van der Waals surface area contributed by atoms with Crippen LogP contribution in [0.4, 0.5) is 0 Å². The van der Waals surface area contributed by atoms with Crippen molar-refractivity contribution in [1.82, 2.24) is 15.5 Å². The molecular weight excluding hydrogens is 602 g/mol. The van der Waals surface area contributed by atoms with Gasteiger partial charge in [0.25, 0.3) is 8.32 Å². The highest BCUT2D eigenvalue weighted by atomic mass is 28.4. The summed E-state index contributed by atoms with van der Waals surface area (Å²) in [6, 6.07) is 18.8. The molecule has 0 radical (unpaired) electrons. The average Bonchev–Trinajstić information content (AvgIpc) is 2.99. The van der Waals surface area contributed by atoms with Gasteiger partial charge in [0.15, 0.2) is 5.75 Å². The quantitative estimate of drug-likeness (QED) is 0.177. The van der Waals surface area contributed by atoms with Gasteiger partial charge in [-0.05, 0) is 84.1 Å². The van der Waals surface area contributed by atoms with Gasteiger partial charge in [-0.15, -0.1) is 0 Å². The second kappa shape index (κ2) is 16.2. The standard InChI is InChI=1S/C35H47N3O7Si/c1-35(2,3)46(5,6)45-30-16-11-27(21-31(30)44-4)22-34(43)38(23-32(41)36-19-17-25-7-12-28(39)13-8-25)24-33(42)37-20-18-26-9-14-29(40)15-10-26/h7-16,21,39-40H,17-20,22-24H2,1-6H3,(H,36,41)(H,37,42). The number of ether oxygens (including phenoxy) is 1. The first-order valence-corrected chi connectivity index (χ1v) is 18.3. The molecular formula is C35H47N3O7Si. The minimum Gasteiger partial charge on any atom is -0.541 e. The fourth-order valence-electron chi connectivity index (χ4n) is 4.33. The van der Waals surface area contributed by atoms with Crippen molar-refractivity contribution in [3.8, 4) is 23.0 Å². The molecule has 11 heteroatoms. The number of phenolic OH excluding ortho intramolecular Hbond substituents is 2. The minimum atomic E-state index is -2.13. The molecule has 0 saturated heterocycles. The van der Waals surface area contributed by atoms with Crippen LogP contribution in [0.1, 0.15) is 37.5 Å². The van der Waals surface area contributed by atoms with Gasteiger partial charge in [-0.25, -0.2) is 0 Å². The molecule has 0 aliphatic heterocycles. The number of carbonyl (C=O) groups is 3. The molecule has 248 valence electrons. The highest BCUT2D eigenvalue weighted by Crippen LogP contribution is 2.40. The van der Waals surface area contributed by atoms with Crippen molar-refractivity contribution in [2.45, 2.75) is 58.2 Å². The van der Waals surface area contributed by atoms with Crippen LogP contribution in [0.5, 0.6) is 23.0 Å². The Kier molecular flexibility index (Phi) is 12.6. The SMILES string of the molecule is COc1cc(CC(=O)N(CC(=O)NCCc2ccc(O)cc2)CC(=O)NCCc2ccc(O)cc2)ccc1O[Si](C)(C)C(C)(C)C. The van der Waals surface area contributed by atoms with Crippen molar-refractivity contribution < 1.29 is 33.8 Å². The van der Waals surface area contributed by atoms with E-state index in [1.54, 1.807) is 73.8 Å². The summed E-state index contributed by atoms with van der Waals surface area (Å²) in [5.41, 5.74) is 2.54. The summed E-state index contributed by atoms with van der Waals surface area (Å²) < 4.78 is 12.0. The summed E-state index contributed by atoms with van der Waals surface area (Å²) in [5, 5.41) is 24.6. The molecule has 0 fully saturated rings. The van der Waals surface area contributed by atoms with E-state index in [9.17, 15) is 24.6 Å². The lowest BCUT2D eigenvalue weighted by Gasteiger charge is -2.36. The van der Waals surface area contributed by atoms with E-state index in [0.29, 0.717) is 43.0 Å². The van der Waals surface area contributed by atoms with Gasteiger partial charge in [-0.2, -0.15) is 0 Å². The number of hydrogen-bond acceptors (Lipinski definition) is 7. The van der Waals surface area contributed by atoms with Gasteiger partial charge in [0.05, 0.1) is 13.5 Å².